The van der Waals surface area contributed by atoms with E-state index in [0.29, 0.717) is 22.6 Å². The molecular weight excluding hydrogens is 470 g/mol. The summed E-state index contributed by atoms with van der Waals surface area (Å²) in [5.74, 6) is -2.16. The summed E-state index contributed by atoms with van der Waals surface area (Å²) in [5, 5.41) is 5.34. The third-order valence-electron chi connectivity index (χ3n) is 5.07. The molecule has 0 saturated heterocycles. The van der Waals surface area contributed by atoms with Gasteiger partial charge >= 0.3 is 5.97 Å². The van der Waals surface area contributed by atoms with Gasteiger partial charge < -0.3 is 15.4 Å². The number of carbonyl (C=O) groups is 4. The number of imide groups is 1. The molecule has 0 unspecified atom stereocenters. The Morgan fingerprint density at radius 2 is 1.51 bits per heavy atom. The minimum atomic E-state index is -0.638. The van der Waals surface area contributed by atoms with Crippen LogP contribution in [0.4, 0.5) is 17.1 Å². The predicted molar refractivity (Wildman–Crippen MR) is 132 cm³/mol. The van der Waals surface area contributed by atoms with Gasteiger partial charge in [0, 0.05) is 16.9 Å². The number of anilines is 3. The molecule has 3 aromatic rings. The van der Waals surface area contributed by atoms with E-state index in [9.17, 15) is 19.2 Å². The molecule has 0 bridgehead atoms. The van der Waals surface area contributed by atoms with Crippen molar-refractivity contribution in [3.8, 4) is 0 Å². The molecule has 0 aliphatic carbocycles. The van der Waals surface area contributed by atoms with Crippen molar-refractivity contribution >= 4 is 52.4 Å². The fraction of sp³-hybridized carbons (Fsp3) is 0.0769. The summed E-state index contributed by atoms with van der Waals surface area (Å²) in [6.07, 6.45) is 0. The van der Waals surface area contributed by atoms with E-state index in [1.807, 2.05) is 0 Å². The van der Waals surface area contributed by atoms with Crippen molar-refractivity contribution in [3.05, 3.63) is 101 Å². The highest BCUT2D eigenvalue weighted by atomic mass is 35.5. The van der Waals surface area contributed by atoms with Gasteiger partial charge in [0.1, 0.15) is 10.7 Å². The van der Waals surface area contributed by atoms with Gasteiger partial charge in [0.2, 0.25) is 0 Å². The number of ether oxygens (including phenoxy) is 1. The zero-order valence-corrected chi connectivity index (χ0v) is 19.3. The molecule has 0 aromatic heterocycles. The highest BCUT2D eigenvalue weighted by Gasteiger charge is 2.38. The molecule has 3 aromatic carbocycles. The first-order chi connectivity index (χ1) is 16.9. The van der Waals surface area contributed by atoms with Gasteiger partial charge in [-0.15, -0.1) is 0 Å². The Morgan fingerprint density at radius 3 is 2.23 bits per heavy atom. The third kappa shape index (κ3) is 5.07. The quantitative estimate of drug-likeness (QED) is 0.372. The fourth-order valence-corrected chi connectivity index (χ4v) is 3.66. The number of para-hydroxylation sites is 1. The Balaban J connectivity index is 1.50. The summed E-state index contributed by atoms with van der Waals surface area (Å²) in [7, 11) is 0. The number of rotatable bonds is 7. The number of nitrogens with zero attached hydrogens (tertiary/aromatic N) is 1. The lowest BCUT2D eigenvalue weighted by atomic mass is 10.1. The molecule has 0 saturated carbocycles. The van der Waals surface area contributed by atoms with E-state index < -0.39 is 23.7 Å². The second-order valence-electron chi connectivity index (χ2n) is 7.43. The molecule has 0 radical (unpaired) electrons. The van der Waals surface area contributed by atoms with Crippen molar-refractivity contribution in [3.63, 3.8) is 0 Å². The van der Waals surface area contributed by atoms with E-state index in [1.165, 1.54) is 12.1 Å². The van der Waals surface area contributed by atoms with Gasteiger partial charge in [-0.2, -0.15) is 0 Å². The standard InChI is InChI=1S/C26H20ClN3O5/c1-2-35-26(34)17-9-7-11-19(15-17)29-23(31)16-8-6-10-18(14-16)28-22-21(27)24(32)30(25(22)33)20-12-4-3-5-13-20/h3-15,28H,2H2,1H3,(H,29,31). The van der Waals surface area contributed by atoms with Crippen molar-refractivity contribution in [2.45, 2.75) is 6.92 Å². The number of benzene rings is 3. The van der Waals surface area contributed by atoms with Crippen LogP contribution in [-0.2, 0) is 14.3 Å². The molecule has 35 heavy (non-hydrogen) atoms. The highest BCUT2D eigenvalue weighted by Crippen LogP contribution is 2.30. The van der Waals surface area contributed by atoms with Gasteiger partial charge in [0.25, 0.3) is 17.7 Å². The molecule has 2 N–H and O–H groups in total. The second kappa shape index (κ2) is 10.2. The van der Waals surface area contributed by atoms with Crippen LogP contribution < -0.4 is 15.5 Å². The molecule has 1 aliphatic heterocycles. The molecule has 9 heteroatoms. The minimum Gasteiger partial charge on any atom is -0.462 e. The van der Waals surface area contributed by atoms with Crippen molar-refractivity contribution in [1.82, 2.24) is 0 Å². The highest BCUT2D eigenvalue weighted by molar-refractivity contribution is 6.53. The molecule has 4 rings (SSSR count). The zero-order chi connectivity index (χ0) is 24.9. The van der Waals surface area contributed by atoms with Gasteiger partial charge in [0.05, 0.1) is 17.9 Å². The van der Waals surface area contributed by atoms with Crippen LogP contribution in [0.3, 0.4) is 0 Å². The molecule has 0 atom stereocenters. The monoisotopic (exact) mass is 489 g/mol. The molecule has 176 valence electrons. The van der Waals surface area contributed by atoms with Crippen molar-refractivity contribution in [2.75, 3.05) is 22.1 Å². The SMILES string of the molecule is CCOC(=O)c1cccc(NC(=O)c2cccc(NC3=C(Cl)C(=O)N(c4ccccc4)C3=O)c2)c1. The summed E-state index contributed by atoms with van der Waals surface area (Å²) in [5.41, 5.74) is 1.72. The number of hydrogen-bond acceptors (Lipinski definition) is 6. The maximum Gasteiger partial charge on any atom is 0.338 e. The van der Waals surface area contributed by atoms with Gasteiger partial charge in [-0.3, -0.25) is 14.4 Å². The van der Waals surface area contributed by atoms with E-state index >= 15 is 0 Å². The Hall–Kier alpha value is -4.43. The third-order valence-corrected chi connectivity index (χ3v) is 5.42. The first kappa shape index (κ1) is 23.7. The van der Waals surface area contributed by atoms with Crippen LogP contribution in [-0.4, -0.2) is 30.3 Å². The maximum absolute atomic E-state index is 12.9. The number of halogens is 1. The van der Waals surface area contributed by atoms with Crippen LogP contribution in [0, 0.1) is 0 Å². The molecule has 1 heterocycles. The van der Waals surface area contributed by atoms with Crippen LogP contribution in [0.25, 0.3) is 0 Å². The van der Waals surface area contributed by atoms with Crippen LogP contribution >= 0.6 is 11.6 Å². The summed E-state index contributed by atoms with van der Waals surface area (Å²) in [6, 6.07) is 21.2. The normalized spacial score (nSPS) is 13.1. The lowest BCUT2D eigenvalue weighted by Crippen LogP contribution is -2.32. The molecule has 0 spiro atoms. The zero-order valence-electron chi connectivity index (χ0n) is 18.6. The van der Waals surface area contributed by atoms with Crippen molar-refractivity contribution in [1.29, 1.82) is 0 Å². The molecule has 3 amide bonds. The second-order valence-corrected chi connectivity index (χ2v) is 7.81. The Bertz CT molecular complexity index is 1350. The number of carbonyl (C=O) groups excluding carboxylic acids is 4. The molecule has 8 nitrogen and oxygen atoms in total. The molecular formula is C26H20ClN3O5. The van der Waals surface area contributed by atoms with Gasteiger partial charge in [0.15, 0.2) is 0 Å². The Labute approximate surface area is 206 Å². The lowest BCUT2D eigenvalue weighted by Gasteiger charge is -2.15. The van der Waals surface area contributed by atoms with Gasteiger partial charge in [-0.05, 0) is 55.5 Å². The predicted octanol–water partition coefficient (Wildman–Crippen LogP) is 4.55. The van der Waals surface area contributed by atoms with E-state index in [1.54, 1.807) is 73.7 Å². The summed E-state index contributed by atoms with van der Waals surface area (Å²) < 4.78 is 4.98. The van der Waals surface area contributed by atoms with Crippen LogP contribution in [0.5, 0.6) is 0 Å². The van der Waals surface area contributed by atoms with Crippen LogP contribution in [0.1, 0.15) is 27.6 Å². The Kier molecular flexibility index (Phi) is 6.93. The van der Waals surface area contributed by atoms with Crippen molar-refractivity contribution < 1.29 is 23.9 Å². The van der Waals surface area contributed by atoms with Crippen molar-refractivity contribution in [2.24, 2.45) is 0 Å². The largest absolute Gasteiger partial charge is 0.462 e. The smallest absolute Gasteiger partial charge is 0.338 e. The van der Waals surface area contributed by atoms with E-state index in [4.69, 9.17) is 16.3 Å². The van der Waals surface area contributed by atoms with Gasteiger partial charge in [-0.25, -0.2) is 9.69 Å². The van der Waals surface area contributed by atoms with E-state index in [0.717, 1.165) is 4.90 Å². The minimum absolute atomic E-state index is 0.0831. The lowest BCUT2D eigenvalue weighted by molar-refractivity contribution is -0.120. The first-order valence-electron chi connectivity index (χ1n) is 10.7. The first-order valence-corrected chi connectivity index (χ1v) is 11.1. The summed E-state index contributed by atoms with van der Waals surface area (Å²) >= 11 is 6.18. The summed E-state index contributed by atoms with van der Waals surface area (Å²) in [6.45, 7) is 1.95. The van der Waals surface area contributed by atoms with E-state index in [2.05, 4.69) is 10.6 Å². The average molecular weight is 490 g/mol. The molecule has 1 aliphatic rings. The average Bonchev–Trinajstić information content (AvgIpc) is 3.08. The topological polar surface area (TPSA) is 105 Å². The van der Waals surface area contributed by atoms with Crippen LogP contribution in [0.2, 0.25) is 0 Å². The fourth-order valence-electron chi connectivity index (χ4n) is 3.45. The van der Waals surface area contributed by atoms with Gasteiger partial charge in [-0.1, -0.05) is 41.9 Å². The Morgan fingerprint density at radius 1 is 0.857 bits per heavy atom. The number of nitrogens with one attached hydrogen (secondary N) is 2. The maximum atomic E-state index is 12.9. The van der Waals surface area contributed by atoms with E-state index in [-0.39, 0.29) is 22.9 Å². The van der Waals surface area contributed by atoms with Crippen LogP contribution in [0.15, 0.2) is 89.6 Å². The summed E-state index contributed by atoms with van der Waals surface area (Å²) in [4.78, 5) is 51.2. The molecule has 0 fully saturated rings. The number of amides is 3. The number of esters is 1. The number of hydrogen-bond donors (Lipinski definition) is 2.